The van der Waals surface area contributed by atoms with E-state index in [1.165, 1.54) is 0 Å². The lowest BCUT2D eigenvalue weighted by atomic mass is 9.82. The second-order valence-corrected chi connectivity index (χ2v) is 14.0. The number of ether oxygens (including phenoxy) is 2. The first kappa shape index (κ1) is 20.9. The third-order valence-corrected chi connectivity index (χ3v) is 10.3. The molecule has 0 aromatic rings. The third-order valence-electron chi connectivity index (χ3n) is 5.84. The van der Waals surface area contributed by atoms with Gasteiger partial charge in [0.1, 0.15) is 12.2 Å². The van der Waals surface area contributed by atoms with Gasteiger partial charge in [0.2, 0.25) is 0 Å². The van der Waals surface area contributed by atoms with Gasteiger partial charge < -0.3 is 23.7 Å². The number of fused-ring (bicyclic) bond motifs is 1. The van der Waals surface area contributed by atoms with Gasteiger partial charge in [0.25, 0.3) is 0 Å². The molecule has 0 bridgehead atoms. The number of rotatable bonds is 5. The minimum absolute atomic E-state index is 0.110. The van der Waals surface area contributed by atoms with Gasteiger partial charge in [0, 0.05) is 6.04 Å². The van der Waals surface area contributed by atoms with Crippen LogP contribution in [-0.4, -0.2) is 61.9 Å². The number of hydrogen-bond donors (Lipinski definition) is 1. The van der Waals surface area contributed by atoms with Gasteiger partial charge in [-0.25, -0.2) is 0 Å². The lowest BCUT2D eigenvalue weighted by Gasteiger charge is -2.39. The van der Waals surface area contributed by atoms with Crippen LogP contribution in [0.15, 0.2) is 0 Å². The third kappa shape index (κ3) is 4.12. The van der Waals surface area contributed by atoms with Crippen molar-refractivity contribution in [2.75, 3.05) is 6.61 Å². The van der Waals surface area contributed by atoms with Crippen LogP contribution in [0.2, 0.25) is 25.0 Å². The molecule has 0 aromatic carbocycles. The maximum Gasteiger partial charge on any atom is 0.377 e. The van der Waals surface area contributed by atoms with Crippen molar-refractivity contribution in [3.63, 3.8) is 0 Å². The van der Waals surface area contributed by atoms with E-state index in [0.717, 1.165) is 0 Å². The minimum Gasteiger partial charge on any atom is -0.437 e. The van der Waals surface area contributed by atoms with Crippen LogP contribution < -0.4 is 0 Å². The summed E-state index contributed by atoms with van der Waals surface area (Å²) < 4.78 is 18.7. The van der Waals surface area contributed by atoms with E-state index >= 15 is 0 Å². The van der Waals surface area contributed by atoms with Crippen LogP contribution in [0.1, 0.15) is 41.0 Å². The molecule has 2 aliphatic rings. The van der Waals surface area contributed by atoms with Crippen molar-refractivity contribution in [3.8, 4) is 6.07 Å². The Morgan fingerprint density at radius 3 is 2.20 bits per heavy atom. The lowest BCUT2D eigenvalue weighted by Crippen LogP contribution is -2.53. The van der Waals surface area contributed by atoms with E-state index in [9.17, 15) is 10.3 Å². The molecule has 0 amide bonds. The van der Waals surface area contributed by atoms with E-state index in [1.54, 1.807) is 6.82 Å². The molecule has 0 radical (unpaired) electrons. The predicted molar refractivity (Wildman–Crippen MR) is 100 cm³/mol. The maximum atomic E-state index is 10.4. The summed E-state index contributed by atoms with van der Waals surface area (Å²) in [6, 6.07) is 1.92. The van der Waals surface area contributed by atoms with Crippen LogP contribution in [0.5, 0.6) is 0 Å². The minimum atomic E-state index is -1.93. The zero-order chi connectivity index (χ0) is 19.2. The van der Waals surface area contributed by atoms with E-state index < -0.39 is 21.2 Å². The molecule has 1 unspecified atom stereocenters. The molecule has 1 N–H and O–H groups in total. The summed E-state index contributed by atoms with van der Waals surface area (Å²) in [6.45, 7) is 17.1. The largest absolute Gasteiger partial charge is 0.437 e. The van der Waals surface area contributed by atoms with E-state index in [2.05, 4.69) is 39.9 Å². The maximum absolute atomic E-state index is 10.4. The number of nitrogens with zero attached hydrogens (tertiary/aromatic N) is 2. The monoisotopic (exact) mass is 368 g/mol. The second kappa shape index (κ2) is 6.95. The Morgan fingerprint density at radius 1 is 1.24 bits per heavy atom. The molecular weight excluding hydrogens is 335 g/mol. The Bertz CT molecular complexity index is 530. The normalized spacial score (nSPS) is 32.5. The summed E-state index contributed by atoms with van der Waals surface area (Å²) in [7, 11) is -2.61. The Labute approximate surface area is 153 Å². The van der Waals surface area contributed by atoms with Gasteiger partial charge in [-0.15, -0.1) is 0 Å². The molecule has 8 heteroatoms. The van der Waals surface area contributed by atoms with Crippen LogP contribution >= 0.6 is 0 Å². The van der Waals surface area contributed by atoms with Crippen molar-refractivity contribution in [2.24, 2.45) is 0 Å². The molecule has 2 saturated heterocycles. The first-order chi connectivity index (χ1) is 11.3. The average Bonchev–Trinajstić information content (AvgIpc) is 2.87. The van der Waals surface area contributed by atoms with Crippen LogP contribution in [0, 0.1) is 11.3 Å². The Kier molecular flexibility index (Phi) is 5.80. The molecule has 6 nitrogen and oxygen atoms in total. The van der Waals surface area contributed by atoms with Crippen molar-refractivity contribution in [2.45, 2.75) is 96.1 Å². The molecule has 2 fully saturated rings. The van der Waals surface area contributed by atoms with Crippen molar-refractivity contribution >= 4 is 15.4 Å². The van der Waals surface area contributed by atoms with Crippen molar-refractivity contribution in [1.29, 1.82) is 5.26 Å². The van der Waals surface area contributed by atoms with E-state index in [0.29, 0.717) is 13.0 Å². The van der Waals surface area contributed by atoms with Crippen LogP contribution in [0.25, 0.3) is 0 Å². The van der Waals surface area contributed by atoms with Gasteiger partial charge >= 0.3 is 7.05 Å². The molecule has 2 rings (SSSR count). The average molecular weight is 368 g/mol. The highest BCUT2D eigenvalue weighted by atomic mass is 28.4. The first-order valence-electron chi connectivity index (χ1n) is 9.13. The molecule has 0 saturated carbocycles. The fourth-order valence-corrected chi connectivity index (χ4v) is 4.58. The van der Waals surface area contributed by atoms with E-state index in [-0.39, 0.29) is 29.3 Å². The van der Waals surface area contributed by atoms with Crippen LogP contribution in [-0.2, 0) is 13.9 Å². The standard InChI is InChI=1S/C17H33BN2O4Si/c1-16(2,3)25(7,8)22-11-13-15-14(23-17(4,5)24-15)12(9-10-19)20(13)18(6)21/h12-15,21H,9,11H2,1-8H3/t12-,13+,14?,15-/m0/s1. The van der Waals surface area contributed by atoms with Crippen molar-refractivity contribution < 1.29 is 18.9 Å². The number of hydrogen-bond acceptors (Lipinski definition) is 6. The molecule has 2 aliphatic heterocycles. The molecule has 25 heavy (non-hydrogen) atoms. The SMILES string of the molecule is CB(O)N1[C@H](CO[Si](C)(C)C(C)(C)C)[C@@H]2OC(C)(C)OC2[C@@H]1CC#N. The Morgan fingerprint density at radius 2 is 1.76 bits per heavy atom. The van der Waals surface area contributed by atoms with Crippen molar-refractivity contribution in [1.82, 2.24) is 4.81 Å². The lowest BCUT2D eigenvalue weighted by molar-refractivity contribution is -0.164. The fraction of sp³-hybridized carbons (Fsp3) is 0.941. The molecule has 142 valence electrons. The highest BCUT2D eigenvalue weighted by Gasteiger charge is 2.59. The summed E-state index contributed by atoms with van der Waals surface area (Å²) >= 11 is 0. The van der Waals surface area contributed by atoms with E-state index in [1.807, 2.05) is 18.7 Å². The Balaban J connectivity index is 2.25. The van der Waals surface area contributed by atoms with Crippen molar-refractivity contribution in [3.05, 3.63) is 0 Å². The Hall–Kier alpha value is -0.428. The smallest absolute Gasteiger partial charge is 0.377 e. The molecule has 4 atom stereocenters. The van der Waals surface area contributed by atoms with Gasteiger partial charge in [-0.3, -0.25) is 0 Å². The fourth-order valence-electron chi connectivity index (χ4n) is 3.56. The molecule has 2 heterocycles. The quantitative estimate of drug-likeness (QED) is 0.752. The molecular formula is C17H33BN2O4Si. The second-order valence-electron chi connectivity index (χ2n) is 9.21. The zero-order valence-electron chi connectivity index (χ0n) is 16.9. The van der Waals surface area contributed by atoms with Crippen LogP contribution in [0.4, 0.5) is 0 Å². The predicted octanol–water partition coefficient (Wildman–Crippen LogP) is 2.61. The van der Waals surface area contributed by atoms with Gasteiger partial charge in [-0.05, 0) is 38.8 Å². The molecule has 0 spiro atoms. The topological polar surface area (TPSA) is 75.0 Å². The van der Waals surface area contributed by atoms with Gasteiger partial charge in [-0.2, -0.15) is 5.26 Å². The summed E-state index contributed by atoms with van der Waals surface area (Å²) in [6.07, 6.45) is -0.132. The number of nitriles is 1. The summed E-state index contributed by atoms with van der Waals surface area (Å²) in [5.41, 5.74) is 0. The molecule has 0 aliphatic carbocycles. The van der Waals surface area contributed by atoms with Gasteiger partial charge in [-0.1, -0.05) is 20.8 Å². The summed E-state index contributed by atoms with van der Waals surface area (Å²) in [4.78, 5) is 1.95. The van der Waals surface area contributed by atoms with E-state index in [4.69, 9.17) is 13.9 Å². The van der Waals surface area contributed by atoms with Gasteiger partial charge in [0.15, 0.2) is 14.1 Å². The summed E-state index contributed by atoms with van der Waals surface area (Å²) in [5.74, 6) is -0.678. The highest BCUT2D eigenvalue weighted by molar-refractivity contribution is 6.74. The highest BCUT2D eigenvalue weighted by Crippen LogP contribution is 2.43. The first-order valence-corrected chi connectivity index (χ1v) is 12.0. The molecule has 0 aromatic heterocycles. The zero-order valence-corrected chi connectivity index (χ0v) is 17.9. The summed E-state index contributed by atoms with van der Waals surface area (Å²) in [5, 5.41) is 19.7. The van der Waals surface area contributed by atoms with Gasteiger partial charge in [0.05, 0.1) is 25.1 Å². The van der Waals surface area contributed by atoms with Crippen LogP contribution in [0.3, 0.4) is 0 Å².